The predicted octanol–water partition coefficient (Wildman–Crippen LogP) is 2.05. The molecule has 1 rings (SSSR count). The van der Waals surface area contributed by atoms with Crippen LogP contribution in [0.5, 0.6) is 0 Å². The average Bonchev–Trinajstić information content (AvgIpc) is 2.94. The number of hydrogen-bond donors (Lipinski definition) is 1. The van der Waals surface area contributed by atoms with Gasteiger partial charge >= 0.3 is 0 Å². The van der Waals surface area contributed by atoms with E-state index in [0.29, 0.717) is 0 Å². The van der Waals surface area contributed by atoms with Crippen LogP contribution in [-0.2, 0) is 4.74 Å². The minimum absolute atomic E-state index is 0.804. The molecule has 0 aromatic carbocycles. The summed E-state index contributed by atoms with van der Waals surface area (Å²) in [6.45, 7) is 5.59. The topological polar surface area (TPSA) is 21.3 Å². The lowest BCUT2D eigenvalue weighted by Crippen LogP contribution is -2.25. The Bertz CT molecular complexity index is 123. The first-order chi connectivity index (χ1) is 6.36. The van der Waals surface area contributed by atoms with E-state index in [1.54, 1.807) is 7.11 Å². The summed E-state index contributed by atoms with van der Waals surface area (Å²) in [4.78, 5) is 0. The Morgan fingerprint density at radius 1 is 1.46 bits per heavy atom. The third-order valence-electron chi connectivity index (χ3n) is 2.87. The van der Waals surface area contributed by atoms with E-state index < -0.39 is 0 Å². The van der Waals surface area contributed by atoms with Gasteiger partial charge in [0.15, 0.2) is 0 Å². The Morgan fingerprint density at radius 2 is 2.23 bits per heavy atom. The lowest BCUT2D eigenvalue weighted by Gasteiger charge is -2.14. The van der Waals surface area contributed by atoms with E-state index in [2.05, 4.69) is 12.2 Å². The minimum Gasteiger partial charge on any atom is -0.385 e. The van der Waals surface area contributed by atoms with Gasteiger partial charge in [-0.1, -0.05) is 13.3 Å². The quantitative estimate of drug-likeness (QED) is 0.625. The molecule has 1 aliphatic rings. The van der Waals surface area contributed by atoms with E-state index in [4.69, 9.17) is 4.74 Å². The van der Waals surface area contributed by atoms with Crippen molar-refractivity contribution in [2.24, 2.45) is 11.8 Å². The van der Waals surface area contributed by atoms with Crippen LogP contribution >= 0.6 is 0 Å². The summed E-state index contributed by atoms with van der Waals surface area (Å²) >= 11 is 0. The van der Waals surface area contributed by atoms with Crippen molar-refractivity contribution in [3.05, 3.63) is 0 Å². The molecular formula is C11H23NO. The molecule has 0 unspecified atom stereocenters. The number of methoxy groups -OCH3 is 1. The lowest BCUT2D eigenvalue weighted by molar-refractivity contribution is 0.175. The zero-order chi connectivity index (χ0) is 9.52. The van der Waals surface area contributed by atoms with Gasteiger partial charge in [0.1, 0.15) is 0 Å². The molecule has 1 fully saturated rings. The van der Waals surface area contributed by atoms with Gasteiger partial charge in [0, 0.05) is 13.7 Å². The fraction of sp³-hybridized carbons (Fsp3) is 1.00. The van der Waals surface area contributed by atoms with Crippen LogP contribution in [-0.4, -0.2) is 26.8 Å². The third kappa shape index (κ3) is 5.27. The Hall–Kier alpha value is -0.0800. The van der Waals surface area contributed by atoms with Gasteiger partial charge in [-0.05, 0) is 44.2 Å². The molecule has 1 atom stereocenters. The predicted molar refractivity (Wildman–Crippen MR) is 55.9 cm³/mol. The van der Waals surface area contributed by atoms with E-state index >= 15 is 0 Å². The Morgan fingerprint density at radius 3 is 2.77 bits per heavy atom. The van der Waals surface area contributed by atoms with Gasteiger partial charge in [-0.2, -0.15) is 0 Å². The van der Waals surface area contributed by atoms with Crippen LogP contribution in [0, 0.1) is 11.8 Å². The number of rotatable bonds is 8. The second-order valence-corrected chi connectivity index (χ2v) is 4.16. The van der Waals surface area contributed by atoms with Crippen LogP contribution in [0.25, 0.3) is 0 Å². The standard InChI is InChI=1S/C11H23NO/c1-3-10(6-7-13-2)8-12-9-11-4-5-11/h10-12H,3-9H2,1-2H3/t10-/m1/s1. The molecule has 2 heteroatoms. The molecular weight excluding hydrogens is 162 g/mol. The van der Waals surface area contributed by atoms with Crippen LogP contribution in [0.15, 0.2) is 0 Å². The van der Waals surface area contributed by atoms with Gasteiger partial charge in [-0.3, -0.25) is 0 Å². The number of hydrogen-bond acceptors (Lipinski definition) is 2. The van der Waals surface area contributed by atoms with E-state index in [1.165, 1.54) is 38.8 Å². The second kappa shape index (κ2) is 6.39. The summed E-state index contributed by atoms with van der Waals surface area (Å²) in [5.41, 5.74) is 0. The molecule has 1 N–H and O–H groups in total. The summed E-state index contributed by atoms with van der Waals surface area (Å²) in [5, 5.41) is 3.55. The molecule has 0 saturated heterocycles. The van der Waals surface area contributed by atoms with Crippen molar-refractivity contribution in [3.8, 4) is 0 Å². The van der Waals surface area contributed by atoms with E-state index in [-0.39, 0.29) is 0 Å². The maximum Gasteiger partial charge on any atom is 0.0465 e. The first-order valence-electron chi connectivity index (χ1n) is 5.56. The van der Waals surface area contributed by atoms with Crippen LogP contribution in [0.4, 0.5) is 0 Å². The minimum atomic E-state index is 0.804. The van der Waals surface area contributed by atoms with Crippen LogP contribution < -0.4 is 5.32 Å². The largest absolute Gasteiger partial charge is 0.385 e. The normalized spacial score (nSPS) is 18.9. The highest BCUT2D eigenvalue weighted by Gasteiger charge is 2.20. The van der Waals surface area contributed by atoms with Crippen LogP contribution in [0.2, 0.25) is 0 Å². The van der Waals surface area contributed by atoms with Crippen molar-refractivity contribution in [1.82, 2.24) is 5.32 Å². The highest BCUT2D eigenvalue weighted by molar-refractivity contribution is 4.75. The van der Waals surface area contributed by atoms with Crippen molar-refractivity contribution in [3.63, 3.8) is 0 Å². The molecule has 0 amide bonds. The second-order valence-electron chi connectivity index (χ2n) is 4.16. The van der Waals surface area contributed by atoms with Gasteiger partial charge in [-0.15, -0.1) is 0 Å². The zero-order valence-corrected chi connectivity index (χ0v) is 9.01. The van der Waals surface area contributed by atoms with Gasteiger partial charge in [0.25, 0.3) is 0 Å². The molecule has 13 heavy (non-hydrogen) atoms. The van der Waals surface area contributed by atoms with Crippen molar-refractivity contribution < 1.29 is 4.74 Å². The summed E-state index contributed by atoms with van der Waals surface area (Å²) in [6, 6.07) is 0. The number of ether oxygens (including phenoxy) is 1. The molecule has 0 bridgehead atoms. The molecule has 0 heterocycles. The first kappa shape index (κ1) is 11.0. The molecule has 0 radical (unpaired) electrons. The summed E-state index contributed by atoms with van der Waals surface area (Å²) in [6.07, 6.45) is 5.36. The fourth-order valence-electron chi connectivity index (χ4n) is 1.55. The molecule has 2 nitrogen and oxygen atoms in total. The summed E-state index contributed by atoms with van der Waals surface area (Å²) < 4.78 is 5.09. The monoisotopic (exact) mass is 185 g/mol. The van der Waals surface area contributed by atoms with Crippen molar-refractivity contribution in [2.45, 2.75) is 32.6 Å². The molecule has 78 valence electrons. The summed E-state index contributed by atoms with van der Waals surface area (Å²) in [7, 11) is 1.78. The average molecular weight is 185 g/mol. The first-order valence-corrected chi connectivity index (χ1v) is 5.56. The zero-order valence-electron chi connectivity index (χ0n) is 9.01. The molecule has 1 aliphatic carbocycles. The third-order valence-corrected chi connectivity index (χ3v) is 2.87. The molecule has 0 aromatic heterocycles. The van der Waals surface area contributed by atoms with Crippen LogP contribution in [0.3, 0.4) is 0 Å². The highest BCUT2D eigenvalue weighted by atomic mass is 16.5. The van der Waals surface area contributed by atoms with Gasteiger partial charge in [0.2, 0.25) is 0 Å². The Kier molecular flexibility index (Phi) is 5.40. The molecule has 0 aromatic rings. The maximum absolute atomic E-state index is 5.09. The Balaban J connectivity index is 1.93. The van der Waals surface area contributed by atoms with E-state index in [0.717, 1.165) is 18.4 Å². The molecule has 0 spiro atoms. The summed E-state index contributed by atoms with van der Waals surface area (Å²) in [5.74, 6) is 1.80. The lowest BCUT2D eigenvalue weighted by atomic mass is 10.0. The van der Waals surface area contributed by atoms with Crippen molar-refractivity contribution in [2.75, 3.05) is 26.8 Å². The SMILES string of the molecule is CC[C@H](CCOC)CNCC1CC1. The van der Waals surface area contributed by atoms with Gasteiger partial charge in [0.05, 0.1) is 0 Å². The van der Waals surface area contributed by atoms with E-state index in [9.17, 15) is 0 Å². The molecule has 1 saturated carbocycles. The van der Waals surface area contributed by atoms with Crippen LogP contribution in [0.1, 0.15) is 32.6 Å². The molecule has 0 aliphatic heterocycles. The highest BCUT2D eigenvalue weighted by Crippen LogP contribution is 2.27. The van der Waals surface area contributed by atoms with Gasteiger partial charge in [-0.25, -0.2) is 0 Å². The van der Waals surface area contributed by atoms with Gasteiger partial charge < -0.3 is 10.1 Å². The fourth-order valence-corrected chi connectivity index (χ4v) is 1.55. The number of nitrogens with one attached hydrogen (secondary N) is 1. The Labute approximate surface area is 82.0 Å². The maximum atomic E-state index is 5.09. The van der Waals surface area contributed by atoms with E-state index in [1.807, 2.05) is 0 Å². The van der Waals surface area contributed by atoms with Crippen molar-refractivity contribution in [1.29, 1.82) is 0 Å². The van der Waals surface area contributed by atoms with Crippen molar-refractivity contribution >= 4 is 0 Å². The smallest absolute Gasteiger partial charge is 0.0465 e.